The lowest BCUT2D eigenvalue weighted by molar-refractivity contribution is -0.136. The van der Waals surface area contributed by atoms with E-state index in [0.717, 1.165) is 22.3 Å². The van der Waals surface area contributed by atoms with Crippen LogP contribution in [0.15, 0.2) is 42.2 Å². The molecule has 0 atom stereocenters. The quantitative estimate of drug-likeness (QED) is 0.522. The maximum atomic E-state index is 10.8. The van der Waals surface area contributed by atoms with Crippen LogP contribution in [0.4, 0.5) is 0 Å². The first-order chi connectivity index (χ1) is 10.1. The van der Waals surface area contributed by atoms with Crippen molar-refractivity contribution < 1.29 is 19.4 Å². The molecule has 0 aliphatic rings. The molecule has 0 aliphatic heterocycles. The zero-order chi connectivity index (χ0) is 15.4. The molecule has 0 fully saturated rings. The highest BCUT2D eigenvalue weighted by atomic mass is 16.5. The van der Waals surface area contributed by atoms with Crippen LogP contribution in [0.25, 0.3) is 17.0 Å². The molecule has 0 bridgehead atoms. The normalized spacial score (nSPS) is 12.0. The molecule has 110 valence electrons. The molecule has 0 spiro atoms. The Hall–Kier alpha value is -2.69. The molecule has 2 aromatic rings. The van der Waals surface area contributed by atoms with Crippen LogP contribution >= 0.6 is 0 Å². The van der Waals surface area contributed by atoms with Gasteiger partial charge in [-0.25, -0.2) is 4.79 Å². The van der Waals surface area contributed by atoms with Gasteiger partial charge < -0.3 is 19.1 Å². The smallest absolute Gasteiger partial charge is 0.371 e. The molecule has 21 heavy (non-hydrogen) atoms. The lowest BCUT2D eigenvalue weighted by Crippen LogP contribution is -2.01. The molecular weight excluding hydrogens is 270 g/mol. The largest absolute Gasteiger partial charge is 0.497 e. The summed E-state index contributed by atoms with van der Waals surface area (Å²) in [5.74, 6) is -0.397. The Bertz CT molecular complexity index is 725. The summed E-state index contributed by atoms with van der Waals surface area (Å²) in [5.41, 5.74) is 2.03. The van der Waals surface area contributed by atoms with E-state index in [1.807, 2.05) is 42.0 Å². The van der Waals surface area contributed by atoms with Gasteiger partial charge in [-0.2, -0.15) is 0 Å². The number of allylic oxidation sites excluding steroid dienone is 2. The third-order valence-electron chi connectivity index (χ3n) is 3.23. The van der Waals surface area contributed by atoms with Gasteiger partial charge in [0, 0.05) is 23.6 Å². The zero-order valence-corrected chi connectivity index (χ0v) is 12.2. The number of benzene rings is 1. The molecule has 1 aromatic carbocycles. The predicted molar refractivity (Wildman–Crippen MR) is 81.2 cm³/mol. The Morgan fingerprint density at radius 2 is 2.05 bits per heavy atom. The molecule has 5 heteroatoms. The number of carboxylic acids is 1. The molecule has 1 N–H and O–H groups in total. The molecule has 0 radical (unpaired) electrons. The number of methoxy groups -OCH3 is 2. The van der Waals surface area contributed by atoms with Crippen molar-refractivity contribution in [2.45, 2.75) is 0 Å². The molecular formula is C16H17NO4. The van der Waals surface area contributed by atoms with E-state index in [9.17, 15) is 4.79 Å². The van der Waals surface area contributed by atoms with E-state index in [1.165, 1.54) is 13.2 Å². The minimum absolute atomic E-state index is 0.105. The third kappa shape index (κ3) is 3.08. The second kappa shape index (κ2) is 6.17. The lowest BCUT2D eigenvalue weighted by Gasteiger charge is -2.01. The average Bonchev–Trinajstić information content (AvgIpc) is 2.79. The van der Waals surface area contributed by atoms with Crippen molar-refractivity contribution in [3.63, 3.8) is 0 Å². The van der Waals surface area contributed by atoms with Crippen molar-refractivity contribution in [2.24, 2.45) is 7.05 Å². The molecule has 0 aliphatic carbocycles. The summed E-state index contributed by atoms with van der Waals surface area (Å²) >= 11 is 0. The Morgan fingerprint density at radius 3 is 2.67 bits per heavy atom. The van der Waals surface area contributed by atoms with Crippen molar-refractivity contribution in [3.8, 4) is 5.75 Å². The topological polar surface area (TPSA) is 60.7 Å². The number of fused-ring (bicyclic) bond motifs is 1. The monoisotopic (exact) mass is 287 g/mol. The molecule has 0 saturated heterocycles. The van der Waals surface area contributed by atoms with Crippen LogP contribution in [0.1, 0.15) is 5.69 Å². The standard InChI is InChI=1S/C16H17NO4/c1-17-12(5-4-6-15(21-3)16(18)19)9-11-10-13(20-2)7-8-14(11)17/h4-10H,1-3H3,(H,18,19)/b5-4+,15-6+. The van der Waals surface area contributed by atoms with Gasteiger partial charge in [-0.3, -0.25) is 0 Å². The number of aromatic nitrogens is 1. The SMILES string of the molecule is CO/C(=C/C=C/c1cc2cc(OC)ccc2n1C)C(=O)O. The van der Waals surface area contributed by atoms with E-state index >= 15 is 0 Å². The fourth-order valence-electron chi connectivity index (χ4n) is 2.10. The van der Waals surface area contributed by atoms with Crippen molar-refractivity contribution >= 4 is 22.9 Å². The van der Waals surface area contributed by atoms with Crippen LogP contribution in [0, 0.1) is 0 Å². The van der Waals surface area contributed by atoms with Crippen molar-refractivity contribution in [1.82, 2.24) is 4.57 Å². The highest BCUT2D eigenvalue weighted by Crippen LogP contribution is 2.24. The van der Waals surface area contributed by atoms with Gasteiger partial charge in [0.25, 0.3) is 0 Å². The van der Waals surface area contributed by atoms with Crippen LogP contribution in [-0.2, 0) is 16.6 Å². The molecule has 1 aromatic heterocycles. The van der Waals surface area contributed by atoms with Crippen molar-refractivity contribution in [1.29, 1.82) is 0 Å². The third-order valence-corrected chi connectivity index (χ3v) is 3.23. The van der Waals surface area contributed by atoms with E-state index in [0.29, 0.717) is 0 Å². The number of hydrogen-bond acceptors (Lipinski definition) is 3. The van der Waals surface area contributed by atoms with Gasteiger partial charge in [-0.05, 0) is 36.4 Å². The van der Waals surface area contributed by atoms with Gasteiger partial charge >= 0.3 is 5.97 Å². The first kappa shape index (κ1) is 14.7. The number of aryl methyl sites for hydroxylation is 1. The van der Waals surface area contributed by atoms with Gasteiger partial charge in [-0.15, -0.1) is 0 Å². The Labute approximate surface area is 122 Å². The fraction of sp³-hybridized carbons (Fsp3) is 0.188. The maximum absolute atomic E-state index is 10.8. The Morgan fingerprint density at radius 1 is 1.29 bits per heavy atom. The number of rotatable bonds is 5. The van der Waals surface area contributed by atoms with Crippen LogP contribution in [0.5, 0.6) is 5.75 Å². The van der Waals surface area contributed by atoms with Crippen LogP contribution < -0.4 is 4.74 Å². The lowest BCUT2D eigenvalue weighted by atomic mass is 10.2. The molecule has 2 rings (SSSR count). The van der Waals surface area contributed by atoms with E-state index in [4.69, 9.17) is 14.6 Å². The summed E-state index contributed by atoms with van der Waals surface area (Å²) < 4.78 is 12.0. The number of ether oxygens (including phenoxy) is 2. The first-order valence-corrected chi connectivity index (χ1v) is 6.36. The van der Waals surface area contributed by atoms with Crippen LogP contribution in [0.2, 0.25) is 0 Å². The molecule has 1 heterocycles. The summed E-state index contributed by atoms with van der Waals surface area (Å²) in [6.45, 7) is 0. The van der Waals surface area contributed by atoms with E-state index in [-0.39, 0.29) is 5.76 Å². The number of hydrogen-bond donors (Lipinski definition) is 1. The molecule has 5 nitrogen and oxygen atoms in total. The van der Waals surface area contributed by atoms with Crippen LogP contribution in [-0.4, -0.2) is 29.9 Å². The van der Waals surface area contributed by atoms with E-state index in [2.05, 4.69) is 0 Å². The summed E-state index contributed by atoms with van der Waals surface area (Å²) in [4.78, 5) is 10.8. The number of nitrogens with zero attached hydrogens (tertiary/aromatic N) is 1. The van der Waals surface area contributed by atoms with Crippen LogP contribution in [0.3, 0.4) is 0 Å². The summed E-state index contributed by atoms with van der Waals surface area (Å²) in [5, 5.41) is 9.91. The Balaban J connectivity index is 2.34. The highest BCUT2D eigenvalue weighted by molar-refractivity contribution is 5.86. The van der Waals surface area contributed by atoms with Gasteiger partial charge in [0.15, 0.2) is 0 Å². The minimum Gasteiger partial charge on any atom is -0.497 e. The number of carbonyl (C=O) groups is 1. The second-order valence-corrected chi connectivity index (χ2v) is 4.45. The van der Waals surface area contributed by atoms with Gasteiger partial charge in [-0.1, -0.05) is 6.08 Å². The minimum atomic E-state index is -1.09. The number of aliphatic carboxylic acids is 1. The number of carboxylic acid groups (broad SMARTS) is 1. The summed E-state index contributed by atoms with van der Waals surface area (Å²) in [6.07, 6.45) is 4.90. The Kier molecular flexibility index (Phi) is 4.33. The van der Waals surface area contributed by atoms with Crippen molar-refractivity contribution in [3.05, 3.63) is 47.9 Å². The van der Waals surface area contributed by atoms with E-state index in [1.54, 1.807) is 13.2 Å². The molecule has 0 saturated carbocycles. The van der Waals surface area contributed by atoms with Crippen molar-refractivity contribution in [2.75, 3.05) is 14.2 Å². The predicted octanol–water partition coefficient (Wildman–Crippen LogP) is 2.82. The highest BCUT2D eigenvalue weighted by Gasteiger charge is 2.06. The summed E-state index contributed by atoms with van der Waals surface area (Å²) in [6, 6.07) is 7.86. The second-order valence-electron chi connectivity index (χ2n) is 4.45. The van der Waals surface area contributed by atoms with Gasteiger partial charge in [0.05, 0.1) is 14.2 Å². The zero-order valence-electron chi connectivity index (χ0n) is 12.2. The van der Waals surface area contributed by atoms with Gasteiger partial charge in [0.2, 0.25) is 5.76 Å². The first-order valence-electron chi connectivity index (χ1n) is 6.36. The summed E-state index contributed by atoms with van der Waals surface area (Å²) in [7, 11) is 4.91. The van der Waals surface area contributed by atoms with E-state index < -0.39 is 5.97 Å². The molecule has 0 amide bonds. The maximum Gasteiger partial charge on any atom is 0.371 e. The molecule has 0 unspecified atom stereocenters. The average molecular weight is 287 g/mol. The fourth-order valence-corrected chi connectivity index (χ4v) is 2.10. The van der Waals surface area contributed by atoms with Gasteiger partial charge in [0.1, 0.15) is 5.75 Å².